The van der Waals surface area contributed by atoms with Crippen LogP contribution in [0.5, 0.6) is 0 Å². The average Bonchev–Trinajstić information content (AvgIpc) is 2.29. The number of rotatable bonds is 8. The molecular weight excluding hydrogens is 254 g/mol. The number of aliphatic carboxylic acids is 1. The third-order valence-corrected chi connectivity index (χ3v) is 2.14. The zero-order valence-corrected chi connectivity index (χ0v) is 11.2. The van der Waals surface area contributed by atoms with Gasteiger partial charge in [0.25, 0.3) is 0 Å². The summed E-state index contributed by atoms with van der Waals surface area (Å²) >= 11 is 0. The number of carbonyl (C=O) groups excluding carboxylic acids is 2. The van der Waals surface area contributed by atoms with E-state index in [1.807, 2.05) is 6.92 Å². The lowest BCUT2D eigenvalue weighted by molar-refractivity contribution is -0.141. The minimum absolute atomic E-state index is 0.174. The van der Waals surface area contributed by atoms with Crippen LogP contribution in [0.3, 0.4) is 0 Å². The monoisotopic (exact) mass is 275 g/mol. The number of aliphatic hydroxyl groups is 1. The van der Waals surface area contributed by atoms with E-state index in [2.05, 4.69) is 16.0 Å². The summed E-state index contributed by atoms with van der Waals surface area (Å²) in [5, 5.41) is 25.3. The Morgan fingerprint density at radius 3 is 2.32 bits per heavy atom. The number of hydrogen-bond donors (Lipinski definition) is 5. The predicted octanol–water partition coefficient (Wildman–Crippen LogP) is -0.962. The molecule has 0 spiro atoms. The van der Waals surface area contributed by atoms with Crippen LogP contribution in [0, 0.1) is 0 Å². The van der Waals surface area contributed by atoms with Crippen LogP contribution in [-0.2, 0) is 9.59 Å². The maximum atomic E-state index is 11.3. The quantitative estimate of drug-likeness (QED) is 0.390. The molecule has 0 aliphatic rings. The lowest BCUT2D eigenvalue weighted by atomic mass is 10.0. The first-order valence-corrected chi connectivity index (χ1v) is 5.99. The van der Waals surface area contributed by atoms with E-state index in [1.165, 1.54) is 6.92 Å². The van der Waals surface area contributed by atoms with Crippen LogP contribution in [0.2, 0.25) is 0 Å². The summed E-state index contributed by atoms with van der Waals surface area (Å²) in [4.78, 5) is 32.9. The molecule has 0 fully saturated rings. The highest BCUT2D eigenvalue weighted by molar-refractivity contribution is 5.83. The van der Waals surface area contributed by atoms with Gasteiger partial charge in [-0.05, 0) is 13.3 Å². The van der Waals surface area contributed by atoms with Crippen molar-refractivity contribution < 1.29 is 24.6 Å². The third-order valence-electron chi connectivity index (χ3n) is 2.14. The van der Waals surface area contributed by atoms with E-state index in [-0.39, 0.29) is 19.0 Å². The van der Waals surface area contributed by atoms with Crippen LogP contribution < -0.4 is 16.0 Å². The molecule has 110 valence electrons. The Balaban J connectivity index is 3.86. The Kier molecular flexibility index (Phi) is 7.50. The van der Waals surface area contributed by atoms with Crippen molar-refractivity contribution in [3.05, 3.63) is 0 Å². The fourth-order valence-corrected chi connectivity index (χ4v) is 1.21. The minimum Gasteiger partial charge on any atom is -0.481 e. The number of urea groups is 1. The van der Waals surface area contributed by atoms with Crippen molar-refractivity contribution in [2.24, 2.45) is 0 Å². The van der Waals surface area contributed by atoms with E-state index in [0.717, 1.165) is 6.42 Å². The lowest BCUT2D eigenvalue weighted by Crippen LogP contribution is -2.47. The van der Waals surface area contributed by atoms with Gasteiger partial charge < -0.3 is 26.2 Å². The molecule has 0 saturated heterocycles. The van der Waals surface area contributed by atoms with E-state index < -0.39 is 24.0 Å². The second-order valence-corrected chi connectivity index (χ2v) is 4.45. The number of carboxylic acid groups (broad SMARTS) is 1. The van der Waals surface area contributed by atoms with Crippen LogP contribution in [0.15, 0.2) is 0 Å². The molecule has 0 radical (unpaired) electrons. The van der Waals surface area contributed by atoms with Gasteiger partial charge in [0.15, 0.2) is 0 Å². The van der Waals surface area contributed by atoms with Gasteiger partial charge in [-0.15, -0.1) is 0 Å². The molecule has 0 heterocycles. The van der Waals surface area contributed by atoms with Gasteiger partial charge >= 0.3 is 12.0 Å². The molecule has 0 saturated carbocycles. The molecule has 3 amide bonds. The van der Waals surface area contributed by atoms with E-state index in [9.17, 15) is 19.5 Å². The van der Waals surface area contributed by atoms with Gasteiger partial charge in [-0.3, -0.25) is 9.59 Å². The smallest absolute Gasteiger partial charge is 0.315 e. The molecule has 1 unspecified atom stereocenters. The van der Waals surface area contributed by atoms with Crippen LogP contribution in [-0.4, -0.2) is 53.4 Å². The number of carboxylic acids is 1. The van der Waals surface area contributed by atoms with Crippen molar-refractivity contribution in [1.29, 1.82) is 0 Å². The van der Waals surface area contributed by atoms with Gasteiger partial charge in [-0.2, -0.15) is 0 Å². The van der Waals surface area contributed by atoms with Gasteiger partial charge in [0.05, 0.1) is 18.6 Å². The highest BCUT2D eigenvalue weighted by atomic mass is 16.4. The molecule has 0 aliphatic carbocycles. The number of nitrogens with one attached hydrogen (secondary N) is 3. The standard InChI is InChI=1S/C11H21N3O5/c1-3-4-12-8(15)6-13-10(18)14-7-11(2,19)5-9(16)17/h19H,3-7H2,1-2H3,(H,12,15)(H,16,17)(H2,13,14,18). The van der Waals surface area contributed by atoms with Gasteiger partial charge in [0.1, 0.15) is 0 Å². The van der Waals surface area contributed by atoms with Gasteiger partial charge in [0.2, 0.25) is 5.91 Å². The fourth-order valence-electron chi connectivity index (χ4n) is 1.21. The lowest BCUT2D eigenvalue weighted by Gasteiger charge is -2.21. The number of amides is 3. The molecule has 8 heteroatoms. The second kappa shape index (κ2) is 8.30. The predicted molar refractivity (Wildman–Crippen MR) is 67.6 cm³/mol. The Morgan fingerprint density at radius 1 is 1.16 bits per heavy atom. The maximum absolute atomic E-state index is 11.3. The zero-order valence-electron chi connectivity index (χ0n) is 11.2. The Hall–Kier alpha value is -1.83. The van der Waals surface area contributed by atoms with Gasteiger partial charge in [-0.25, -0.2) is 4.79 Å². The summed E-state index contributed by atoms with van der Waals surface area (Å²) < 4.78 is 0. The summed E-state index contributed by atoms with van der Waals surface area (Å²) in [6.07, 6.45) is 0.320. The van der Waals surface area contributed by atoms with Crippen molar-refractivity contribution in [2.45, 2.75) is 32.3 Å². The van der Waals surface area contributed by atoms with Crippen molar-refractivity contribution in [2.75, 3.05) is 19.6 Å². The highest BCUT2D eigenvalue weighted by Crippen LogP contribution is 2.06. The molecule has 0 rings (SSSR count). The summed E-state index contributed by atoms with van der Waals surface area (Å²) in [6.45, 7) is 3.35. The molecule has 5 N–H and O–H groups in total. The van der Waals surface area contributed by atoms with Crippen LogP contribution in [0.1, 0.15) is 26.7 Å². The average molecular weight is 275 g/mol. The van der Waals surface area contributed by atoms with Crippen molar-refractivity contribution in [3.8, 4) is 0 Å². The molecule has 0 aromatic carbocycles. The first kappa shape index (κ1) is 17.2. The Labute approximate surface area is 111 Å². The number of hydrogen-bond acceptors (Lipinski definition) is 4. The molecule has 0 aromatic rings. The van der Waals surface area contributed by atoms with Crippen LogP contribution >= 0.6 is 0 Å². The van der Waals surface area contributed by atoms with Crippen LogP contribution in [0.25, 0.3) is 0 Å². The van der Waals surface area contributed by atoms with Crippen LogP contribution in [0.4, 0.5) is 4.79 Å². The molecule has 1 atom stereocenters. The first-order chi connectivity index (χ1) is 8.76. The van der Waals surface area contributed by atoms with Gasteiger partial charge in [-0.1, -0.05) is 6.92 Å². The summed E-state index contributed by atoms with van der Waals surface area (Å²) in [5.74, 6) is -1.47. The molecule has 19 heavy (non-hydrogen) atoms. The largest absolute Gasteiger partial charge is 0.481 e. The molecular formula is C11H21N3O5. The highest BCUT2D eigenvalue weighted by Gasteiger charge is 2.24. The SMILES string of the molecule is CCCNC(=O)CNC(=O)NCC(C)(O)CC(=O)O. The second-order valence-electron chi connectivity index (χ2n) is 4.45. The molecule has 8 nitrogen and oxygen atoms in total. The fraction of sp³-hybridized carbons (Fsp3) is 0.727. The Bertz CT molecular complexity index is 330. The Morgan fingerprint density at radius 2 is 1.79 bits per heavy atom. The van der Waals surface area contributed by atoms with Crippen molar-refractivity contribution >= 4 is 17.9 Å². The summed E-state index contributed by atoms with van der Waals surface area (Å²) in [7, 11) is 0. The molecule has 0 bridgehead atoms. The normalized spacial score (nSPS) is 13.2. The van der Waals surface area contributed by atoms with Crippen molar-refractivity contribution in [3.63, 3.8) is 0 Å². The number of carbonyl (C=O) groups is 3. The minimum atomic E-state index is -1.53. The van der Waals surface area contributed by atoms with E-state index >= 15 is 0 Å². The topological polar surface area (TPSA) is 128 Å². The summed E-state index contributed by atoms with van der Waals surface area (Å²) in [6, 6.07) is -0.641. The van der Waals surface area contributed by atoms with Crippen molar-refractivity contribution in [1.82, 2.24) is 16.0 Å². The summed E-state index contributed by atoms with van der Waals surface area (Å²) in [5.41, 5.74) is -1.53. The van der Waals surface area contributed by atoms with Gasteiger partial charge in [0, 0.05) is 13.1 Å². The maximum Gasteiger partial charge on any atom is 0.315 e. The first-order valence-electron chi connectivity index (χ1n) is 5.99. The third kappa shape index (κ3) is 9.83. The molecule has 0 aromatic heterocycles. The molecule has 0 aliphatic heterocycles. The van der Waals surface area contributed by atoms with E-state index in [1.54, 1.807) is 0 Å². The zero-order chi connectivity index (χ0) is 14.9. The van der Waals surface area contributed by atoms with E-state index in [4.69, 9.17) is 5.11 Å². The van der Waals surface area contributed by atoms with E-state index in [0.29, 0.717) is 6.54 Å².